The van der Waals surface area contributed by atoms with E-state index >= 15 is 0 Å². The summed E-state index contributed by atoms with van der Waals surface area (Å²) in [5.74, 6) is 0.0961. The highest BCUT2D eigenvalue weighted by Crippen LogP contribution is 2.30. The second-order valence-electron chi connectivity index (χ2n) is 6.66. The molecule has 0 radical (unpaired) electrons. The largest absolute Gasteiger partial charge is 0.491 e. The molecule has 1 aromatic heterocycles. The minimum atomic E-state index is -3.91. The maximum Gasteiger partial charge on any atom is 0.419 e. The Morgan fingerprint density at radius 3 is 2.76 bits per heavy atom. The van der Waals surface area contributed by atoms with Crippen molar-refractivity contribution >= 4 is 32.7 Å². The normalized spacial score (nSPS) is 18.2. The number of aromatic nitrogens is 1. The van der Waals surface area contributed by atoms with E-state index in [0.717, 1.165) is 0 Å². The van der Waals surface area contributed by atoms with Crippen LogP contribution in [0.15, 0.2) is 56.6 Å². The fraction of sp³-hybridized carbons (Fsp3) is 0.316. The highest BCUT2D eigenvalue weighted by molar-refractivity contribution is 7.89. The summed E-state index contributed by atoms with van der Waals surface area (Å²) in [5, 5.41) is 0.0254. The van der Waals surface area contributed by atoms with Gasteiger partial charge in [0.2, 0.25) is 10.0 Å². The zero-order valence-electron chi connectivity index (χ0n) is 15.6. The molecule has 3 aromatic rings. The highest BCUT2D eigenvalue weighted by atomic mass is 35.5. The van der Waals surface area contributed by atoms with Crippen LogP contribution >= 0.6 is 11.6 Å². The molecule has 1 atom stereocenters. The molecule has 4 rings (SSSR count). The Morgan fingerprint density at radius 1 is 1.24 bits per heavy atom. The third-order valence-corrected chi connectivity index (χ3v) is 7.07. The zero-order chi connectivity index (χ0) is 20.6. The van der Waals surface area contributed by atoms with E-state index in [1.165, 1.54) is 28.1 Å². The lowest BCUT2D eigenvalue weighted by molar-refractivity contribution is -0.0249. The molecule has 1 fully saturated rings. The topological polar surface area (TPSA) is 91.0 Å². The number of oxazole rings is 1. The Balaban J connectivity index is 1.56. The molecule has 1 aliphatic heterocycles. The number of rotatable bonds is 5. The number of morpholine rings is 1. The van der Waals surface area contributed by atoms with Crippen molar-refractivity contribution in [1.82, 2.24) is 8.87 Å². The summed E-state index contributed by atoms with van der Waals surface area (Å²) in [5.41, 5.74) is 0.591. The van der Waals surface area contributed by atoms with Gasteiger partial charge in [-0.3, -0.25) is 4.57 Å². The Morgan fingerprint density at radius 2 is 2.00 bits per heavy atom. The quantitative estimate of drug-likeness (QED) is 0.606. The Labute approximate surface area is 172 Å². The number of halogens is 1. The molecule has 1 saturated heterocycles. The standard InChI is InChI=1S/C19H19ClN2O6S/c1-21-16-9-15(20)18(10-17(16)28-19(21)23)29(24,25)22-7-8-26-14(11-22)12-27-13-5-3-2-4-6-13/h2-6,9-10,14H,7-8,11-12H2,1H3/t14-/m1/s1. The van der Waals surface area contributed by atoms with Crippen molar-refractivity contribution in [3.63, 3.8) is 0 Å². The first kappa shape index (κ1) is 20.0. The summed E-state index contributed by atoms with van der Waals surface area (Å²) < 4.78 is 45.4. The number of sulfonamides is 1. The number of hydrogen-bond acceptors (Lipinski definition) is 6. The van der Waals surface area contributed by atoms with Gasteiger partial charge in [0.15, 0.2) is 5.58 Å². The second kappa shape index (κ2) is 7.83. The molecule has 29 heavy (non-hydrogen) atoms. The average Bonchev–Trinajstić information content (AvgIpc) is 3.00. The van der Waals surface area contributed by atoms with Crippen LogP contribution in [-0.2, 0) is 21.8 Å². The van der Waals surface area contributed by atoms with Crippen molar-refractivity contribution in [1.29, 1.82) is 0 Å². The lowest BCUT2D eigenvalue weighted by Crippen LogP contribution is -2.47. The number of ether oxygens (including phenoxy) is 2. The molecular formula is C19H19ClN2O6S. The van der Waals surface area contributed by atoms with Crippen molar-refractivity contribution in [2.24, 2.45) is 7.05 Å². The highest BCUT2D eigenvalue weighted by Gasteiger charge is 2.33. The van der Waals surface area contributed by atoms with E-state index in [4.69, 9.17) is 25.5 Å². The Bertz CT molecular complexity index is 1190. The minimum absolute atomic E-state index is 0.0254. The van der Waals surface area contributed by atoms with Gasteiger partial charge in [-0.15, -0.1) is 0 Å². The second-order valence-corrected chi connectivity index (χ2v) is 8.97. The summed E-state index contributed by atoms with van der Waals surface area (Å²) in [7, 11) is -2.38. The molecular weight excluding hydrogens is 420 g/mol. The van der Waals surface area contributed by atoms with Crippen LogP contribution in [0.3, 0.4) is 0 Å². The van der Waals surface area contributed by atoms with E-state index in [2.05, 4.69) is 0 Å². The molecule has 0 unspecified atom stereocenters. The third-order valence-electron chi connectivity index (χ3n) is 4.74. The van der Waals surface area contributed by atoms with Crippen LogP contribution < -0.4 is 10.5 Å². The van der Waals surface area contributed by atoms with E-state index in [1.54, 1.807) is 0 Å². The Kier molecular flexibility index (Phi) is 5.39. The average molecular weight is 439 g/mol. The van der Waals surface area contributed by atoms with Crippen LogP contribution in [0.2, 0.25) is 5.02 Å². The summed E-state index contributed by atoms with van der Waals surface area (Å²) in [6, 6.07) is 11.9. The summed E-state index contributed by atoms with van der Waals surface area (Å²) in [4.78, 5) is 11.6. The van der Waals surface area contributed by atoms with Crippen molar-refractivity contribution < 1.29 is 22.3 Å². The van der Waals surface area contributed by atoms with Crippen LogP contribution in [0.4, 0.5) is 0 Å². The van der Waals surface area contributed by atoms with Crippen molar-refractivity contribution in [3.8, 4) is 5.75 Å². The van der Waals surface area contributed by atoms with Gasteiger partial charge in [-0.1, -0.05) is 29.8 Å². The lowest BCUT2D eigenvalue weighted by atomic mass is 10.3. The lowest BCUT2D eigenvalue weighted by Gasteiger charge is -2.32. The smallest absolute Gasteiger partial charge is 0.419 e. The fourth-order valence-corrected chi connectivity index (χ4v) is 5.15. The fourth-order valence-electron chi connectivity index (χ4n) is 3.18. The molecule has 2 aromatic carbocycles. The molecule has 0 amide bonds. The Hall–Kier alpha value is -2.33. The number of aryl methyl sites for hydroxylation is 1. The van der Waals surface area contributed by atoms with Gasteiger partial charge in [-0.05, 0) is 18.2 Å². The summed E-state index contributed by atoms with van der Waals surface area (Å²) >= 11 is 6.25. The first-order valence-corrected chi connectivity index (χ1v) is 10.8. The number of hydrogen-bond donors (Lipinski definition) is 0. The molecule has 0 bridgehead atoms. The van der Waals surface area contributed by atoms with Gasteiger partial charge in [-0.25, -0.2) is 13.2 Å². The van der Waals surface area contributed by atoms with Gasteiger partial charge >= 0.3 is 5.76 Å². The molecule has 8 nitrogen and oxygen atoms in total. The molecule has 2 heterocycles. The first-order valence-electron chi connectivity index (χ1n) is 8.95. The monoisotopic (exact) mass is 438 g/mol. The first-order chi connectivity index (χ1) is 13.9. The molecule has 0 aliphatic carbocycles. The van der Waals surface area contributed by atoms with Crippen LogP contribution in [0.5, 0.6) is 5.75 Å². The van der Waals surface area contributed by atoms with E-state index in [0.29, 0.717) is 11.3 Å². The SMILES string of the molecule is Cn1c(=O)oc2cc(S(=O)(=O)N3CCO[C@@H](COc4ccccc4)C3)c(Cl)cc21. The molecule has 154 valence electrons. The molecule has 10 heteroatoms. The van der Waals surface area contributed by atoms with Gasteiger partial charge < -0.3 is 13.9 Å². The van der Waals surface area contributed by atoms with E-state index in [1.807, 2.05) is 30.3 Å². The number of para-hydroxylation sites is 1. The number of benzene rings is 2. The van der Waals surface area contributed by atoms with Crippen molar-refractivity contribution in [2.75, 3.05) is 26.3 Å². The van der Waals surface area contributed by atoms with Gasteiger partial charge in [0.05, 0.1) is 17.1 Å². The molecule has 1 aliphatic rings. The van der Waals surface area contributed by atoms with Crippen LogP contribution in [0.1, 0.15) is 0 Å². The van der Waals surface area contributed by atoms with Crippen LogP contribution in [0.25, 0.3) is 11.1 Å². The maximum atomic E-state index is 13.2. The maximum absolute atomic E-state index is 13.2. The van der Waals surface area contributed by atoms with Crippen LogP contribution in [-0.4, -0.2) is 49.7 Å². The molecule has 0 spiro atoms. The van der Waals surface area contributed by atoms with E-state index < -0.39 is 21.9 Å². The number of nitrogens with zero attached hydrogens (tertiary/aromatic N) is 2. The summed E-state index contributed by atoms with van der Waals surface area (Å²) in [6.45, 7) is 0.776. The third kappa shape index (κ3) is 3.91. The van der Waals surface area contributed by atoms with Crippen molar-refractivity contribution in [2.45, 2.75) is 11.0 Å². The van der Waals surface area contributed by atoms with E-state index in [9.17, 15) is 13.2 Å². The minimum Gasteiger partial charge on any atom is -0.491 e. The summed E-state index contributed by atoms with van der Waals surface area (Å²) in [6.07, 6.45) is -0.420. The molecule has 0 saturated carbocycles. The van der Waals surface area contributed by atoms with Crippen molar-refractivity contribution in [3.05, 3.63) is 58.0 Å². The predicted molar refractivity (Wildman–Crippen MR) is 107 cm³/mol. The van der Waals surface area contributed by atoms with Gasteiger partial charge in [0, 0.05) is 26.2 Å². The van der Waals surface area contributed by atoms with Gasteiger partial charge in [0.1, 0.15) is 23.4 Å². The van der Waals surface area contributed by atoms with Gasteiger partial charge in [0.25, 0.3) is 0 Å². The van der Waals surface area contributed by atoms with E-state index in [-0.39, 0.29) is 41.8 Å². The number of fused-ring (bicyclic) bond motifs is 1. The zero-order valence-corrected chi connectivity index (χ0v) is 17.1. The predicted octanol–water partition coefficient (Wildman–Crippen LogP) is 2.25. The van der Waals surface area contributed by atoms with Gasteiger partial charge in [-0.2, -0.15) is 4.31 Å². The van der Waals surface area contributed by atoms with Crippen LogP contribution in [0, 0.1) is 0 Å². The molecule has 0 N–H and O–H groups in total.